The monoisotopic (exact) mass is 425 g/mol. The summed E-state index contributed by atoms with van der Waals surface area (Å²) in [6.45, 7) is 0.676. The van der Waals surface area contributed by atoms with Crippen molar-refractivity contribution in [3.63, 3.8) is 0 Å². The molecule has 2 heterocycles. The smallest absolute Gasteiger partial charge is 0.265 e. The number of likely N-dealkylation sites (N-methyl/N-ethyl adjacent to an activating group) is 1. The van der Waals surface area contributed by atoms with E-state index in [1.807, 2.05) is 42.6 Å². The number of nitrogens with one attached hydrogen (secondary N) is 1. The van der Waals surface area contributed by atoms with Gasteiger partial charge in [-0.2, -0.15) is 0 Å². The maximum atomic E-state index is 12.6. The third kappa shape index (κ3) is 3.31. The first kappa shape index (κ1) is 19.2. The van der Waals surface area contributed by atoms with Crippen molar-refractivity contribution in [2.24, 2.45) is 0 Å². The molecular formula is C25H19N3O2S. The number of amides is 2. The Morgan fingerprint density at radius 1 is 0.935 bits per heavy atom. The van der Waals surface area contributed by atoms with Crippen LogP contribution in [0.25, 0.3) is 27.8 Å². The van der Waals surface area contributed by atoms with Gasteiger partial charge in [0.2, 0.25) is 0 Å². The fraction of sp³-hybridized carbons (Fsp3) is 0.0800. The van der Waals surface area contributed by atoms with Gasteiger partial charge in [0.15, 0.2) is 5.11 Å². The number of benzene rings is 3. The second-order valence-electron chi connectivity index (χ2n) is 7.55. The Hall–Kier alpha value is -3.77. The third-order valence-electron chi connectivity index (χ3n) is 5.64. The van der Waals surface area contributed by atoms with E-state index in [-0.39, 0.29) is 10.7 Å². The van der Waals surface area contributed by atoms with E-state index in [1.54, 1.807) is 13.1 Å². The zero-order valence-electron chi connectivity index (χ0n) is 16.8. The lowest BCUT2D eigenvalue weighted by atomic mass is 10.0. The van der Waals surface area contributed by atoms with Gasteiger partial charge in [-0.3, -0.25) is 19.8 Å². The molecule has 0 saturated carbocycles. The van der Waals surface area contributed by atoms with Crippen molar-refractivity contribution >= 4 is 56.9 Å². The van der Waals surface area contributed by atoms with Crippen LogP contribution in [0.5, 0.6) is 0 Å². The molecule has 1 aliphatic rings. The summed E-state index contributed by atoms with van der Waals surface area (Å²) in [6.07, 6.45) is 3.64. The number of hydrogen-bond donors (Lipinski definition) is 1. The van der Waals surface area contributed by atoms with Crippen molar-refractivity contribution in [1.82, 2.24) is 14.8 Å². The van der Waals surface area contributed by atoms with Crippen LogP contribution in [0.1, 0.15) is 11.1 Å². The van der Waals surface area contributed by atoms with Crippen LogP contribution in [-0.4, -0.2) is 33.4 Å². The van der Waals surface area contributed by atoms with Crippen molar-refractivity contribution in [3.05, 3.63) is 89.6 Å². The number of hydrogen-bond acceptors (Lipinski definition) is 3. The summed E-state index contributed by atoms with van der Waals surface area (Å²) in [5.41, 5.74) is 3.13. The highest BCUT2D eigenvalue weighted by Gasteiger charge is 2.31. The van der Waals surface area contributed by atoms with Crippen molar-refractivity contribution in [2.45, 2.75) is 6.54 Å². The number of para-hydroxylation sites is 1. The first-order valence-corrected chi connectivity index (χ1v) is 10.3. The molecule has 0 unspecified atom stereocenters. The number of nitrogens with zero attached hydrogens (tertiary/aromatic N) is 2. The van der Waals surface area contributed by atoms with Crippen LogP contribution in [0.15, 0.2) is 78.5 Å². The predicted molar refractivity (Wildman–Crippen MR) is 126 cm³/mol. The van der Waals surface area contributed by atoms with Crippen LogP contribution >= 0.6 is 12.2 Å². The van der Waals surface area contributed by atoms with E-state index in [0.29, 0.717) is 6.54 Å². The summed E-state index contributed by atoms with van der Waals surface area (Å²) < 4.78 is 2.16. The van der Waals surface area contributed by atoms with Crippen LogP contribution in [-0.2, 0) is 16.1 Å². The zero-order valence-corrected chi connectivity index (χ0v) is 17.6. The van der Waals surface area contributed by atoms with E-state index in [9.17, 15) is 9.59 Å². The third-order valence-corrected chi connectivity index (χ3v) is 6.02. The minimum Gasteiger partial charge on any atom is -0.342 e. The quantitative estimate of drug-likeness (QED) is 0.305. The largest absolute Gasteiger partial charge is 0.342 e. The average molecular weight is 426 g/mol. The van der Waals surface area contributed by atoms with E-state index in [0.717, 1.165) is 16.5 Å². The van der Waals surface area contributed by atoms with E-state index in [1.165, 1.54) is 21.2 Å². The molecular weight excluding hydrogens is 406 g/mol. The molecule has 1 fully saturated rings. The molecule has 0 aliphatic carbocycles. The Balaban J connectivity index is 1.62. The summed E-state index contributed by atoms with van der Waals surface area (Å²) in [4.78, 5) is 26.3. The van der Waals surface area contributed by atoms with Gasteiger partial charge in [0.1, 0.15) is 5.57 Å². The Morgan fingerprint density at radius 3 is 2.48 bits per heavy atom. The molecule has 1 aliphatic heterocycles. The van der Waals surface area contributed by atoms with Crippen LogP contribution in [0.4, 0.5) is 0 Å². The molecule has 4 aromatic rings. The van der Waals surface area contributed by atoms with E-state index in [2.05, 4.69) is 40.2 Å². The predicted octanol–water partition coefficient (Wildman–Crippen LogP) is 4.10. The molecule has 5 rings (SSSR count). The second kappa shape index (κ2) is 7.49. The maximum absolute atomic E-state index is 12.6. The lowest BCUT2D eigenvalue weighted by Crippen LogP contribution is -2.52. The van der Waals surface area contributed by atoms with Gasteiger partial charge >= 0.3 is 0 Å². The van der Waals surface area contributed by atoms with Crippen LogP contribution in [0.3, 0.4) is 0 Å². The molecule has 0 bridgehead atoms. The Kier molecular flexibility index (Phi) is 4.64. The van der Waals surface area contributed by atoms with Crippen LogP contribution < -0.4 is 5.32 Å². The summed E-state index contributed by atoms with van der Waals surface area (Å²) in [5, 5.41) is 6.07. The molecule has 31 heavy (non-hydrogen) atoms. The average Bonchev–Trinajstić information content (AvgIpc) is 3.13. The fourth-order valence-electron chi connectivity index (χ4n) is 4.04. The highest BCUT2D eigenvalue weighted by molar-refractivity contribution is 7.80. The van der Waals surface area contributed by atoms with Crippen molar-refractivity contribution in [1.29, 1.82) is 0 Å². The van der Waals surface area contributed by atoms with Crippen LogP contribution in [0, 0.1) is 0 Å². The lowest BCUT2D eigenvalue weighted by Gasteiger charge is -2.24. The maximum Gasteiger partial charge on any atom is 0.265 e. The number of thiocarbonyl (C=S) groups is 1. The zero-order chi connectivity index (χ0) is 21.5. The standard InChI is InChI=1S/C25H19N3O2S/c1-27-24(30)21(23(29)26-25(27)31)13-18-15-28(22-12-5-4-11-20(18)22)14-17-9-6-8-16-7-2-3-10-19(16)17/h2-13,15H,14H2,1H3,(H,26,29,31)/b21-13-. The SMILES string of the molecule is CN1C(=O)/C(=C\c2cn(Cc3cccc4ccccc34)c3ccccc23)C(=O)NC1=S. The first-order chi connectivity index (χ1) is 15.0. The topological polar surface area (TPSA) is 54.3 Å². The van der Waals surface area contributed by atoms with Gasteiger partial charge in [0, 0.05) is 36.3 Å². The molecule has 1 saturated heterocycles. The molecule has 5 nitrogen and oxygen atoms in total. The second-order valence-corrected chi connectivity index (χ2v) is 7.94. The molecule has 2 amide bonds. The van der Waals surface area contributed by atoms with Gasteiger partial charge in [0.05, 0.1) is 0 Å². The highest BCUT2D eigenvalue weighted by atomic mass is 32.1. The number of fused-ring (bicyclic) bond motifs is 2. The minimum absolute atomic E-state index is 0.0733. The van der Waals surface area contributed by atoms with Crippen LogP contribution in [0.2, 0.25) is 0 Å². The molecule has 0 atom stereocenters. The van der Waals surface area contributed by atoms with E-state index < -0.39 is 11.8 Å². The summed E-state index contributed by atoms with van der Waals surface area (Å²) in [6, 6.07) is 22.6. The summed E-state index contributed by atoms with van der Waals surface area (Å²) in [5.74, 6) is -0.876. The van der Waals surface area contributed by atoms with Gasteiger partial charge in [-0.25, -0.2) is 0 Å². The van der Waals surface area contributed by atoms with Gasteiger partial charge < -0.3 is 4.57 Å². The molecule has 152 valence electrons. The molecule has 6 heteroatoms. The Morgan fingerprint density at radius 2 is 1.65 bits per heavy atom. The summed E-state index contributed by atoms with van der Waals surface area (Å²) in [7, 11) is 1.56. The van der Waals surface area contributed by atoms with Crippen molar-refractivity contribution < 1.29 is 9.59 Å². The van der Waals surface area contributed by atoms with Crippen molar-refractivity contribution in [3.8, 4) is 0 Å². The molecule has 3 aromatic carbocycles. The van der Waals surface area contributed by atoms with Gasteiger partial charge in [-0.1, -0.05) is 60.7 Å². The Bertz CT molecular complexity index is 1410. The number of carbonyl (C=O) groups is 2. The van der Waals surface area contributed by atoms with E-state index in [4.69, 9.17) is 12.2 Å². The molecule has 0 radical (unpaired) electrons. The lowest BCUT2D eigenvalue weighted by molar-refractivity contribution is -0.128. The molecule has 1 N–H and O–H groups in total. The number of rotatable bonds is 3. The van der Waals surface area contributed by atoms with Gasteiger partial charge in [0.25, 0.3) is 11.8 Å². The Labute approximate surface area is 184 Å². The fourth-order valence-corrected chi connectivity index (χ4v) is 4.21. The molecule has 1 aromatic heterocycles. The minimum atomic E-state index is -0.473. The normalized spacial score (nSPS) is 15.8. The number of carbonyl (C=O) groups excluding carboxylic acids is 2. The molecule has 0 spiro atoms. The first-order valence-electron chi connectivity index (χ1n) is 9.92. The van der Waals surface area contributed by atoms with Gasteiger partial charge in [-0.05, 0) is 40.7 Å². The van der Waals surface area contributed by atoms with E-state index >= 15 is 0 Å². The van der Waals surface area contributed by atoms with Crippen molar-refractivity contribution in [2.75, 3.05) is 7.05 Å². The highest BCUT2D eigenvalue weighted by Crippen LogP contribution is 2.27. The van der Waals surface area contributed by atoms with Gasteiger partial charge in [-0.15, -0.1) is 0 Å². The number of aromatic nitrogens is 1. The summed E-state index contributed by atoms with van der Waals surface area (Å²) >= 11 is 5.03.